The van der Waals surface area contributed by atoms with E-state index in [9.17, 15) is 0 Å². The fraction of sp³-hybridized carbons (Fsp3) is 0.667. The largest absolute Gasteiger partial charge is 0.322 e. The Bertz CT molecular complexity index is 356. The number of rotatable bonds is 10. The van der Waals surface area contributed by atoms with Crippen molar-refractivity contribution in [3.63, 3.8) is 0 Å². The summed E-state index contributed by atoms with van der Waals surface area (Å²) in [4.78, 5) is 0. The Balaban J connectivity index is 2.18. The molecule has 2 heteroatoms. The van der Waals surface area contributed by atoms with Crippen LogP contribution in [0.2, 0.25) is 0 Å². The van der Waals surface area contributed by atoms with Gasteiger partial charge in [-0.3, -0.25) is 0 Å². The second-order valence-electron chi connectivity index (χ2n) is 6.15. The van der Waals surface area contributed by atoms with Crippen molar-refractivity contribution in [1.82, 2.24) is 0 Å². The van der Waals surface area contributed by atoms with Gasteiger partial charge in [-0.2, -0.15) is 0 Å². The number of hydrogen-bond acceptors (Lipinski definition) is 1. The molecule has 114 valence electrons. The Morgan fingerprint density at radius 3 is 1.95 bits per heavy atom. The summed E-state index contributed by atoms with van der Waals surface area (Å²) < 4.78 is 1.11. The maximum atomic E-state index is 6.45. The van der Waals surface area contributed by atoms with Crippen molar-refractivity contribution in [3.8, 4) is 0 Å². The summed E-state index contributed by atoms with van der Waals surface area (Å²) in [7, 11) is 0. The molecule has 1 nitrogen and oxygen atoms in total. The summed E-state index contributed by atoms with van der Waals surface area (Å²) in [5.41, 5.74) is 7.50. The van der Waals surface area contributed by atoms with Gasteiger partial charge in [0, 0.05) is 10.0 Å². The summed E-state index contributed by atoms with van der Waals surface area (Å²) in [6, 6.07) is 8.42. The molecule has 0 fully saturated rings. The molecule has 0 aromatic heterocycles. The molecule has 0 saturated carbocycles. The van der Waals surface area contributed by atoms with Crippen molar-refractivity contribution in [1.29, 1.82) is 0 Å². The highest BCUT2D eigenvalue weighted by atomic mass is 79.9. The fourth-order valence-electron chi connectivity index (χ4n) is 2.60. The average molecular weight is 340 g/mol. The van der Waals surface area contributed by atoms with Gasteiger partial charge in [-0.15, -0.1) is 0 Å². The van der Waals surface area contributed by atoms with Crippen LogP contribution in [0, 0.1) is 0 Å². The van der Waals surface area contributed by atoms with Crippen LogP contribution in [0.25, 0.3) is 0 Å². The van der Waals surface area contributed by atoms with Gasteiger partial charge in [-0.1, -0.05) is 86.4 Å². The van der Waals surface area contributed by atoms with Crippen LogP contribution in [0.5, 0.6) is 0 Å². The summed E-state index contributed by atoms with van der Waals surface area (Å²) in [5, 5.41) is 0. The molecule has 0 amide bonds. The molecule has 0 aliphatic rings. The van der Waals surface area contributed by atoms with Gasteiger partial charge in [-0.05, 0) is 31.0 Å². The van der Waals surface area contributed by atoms with E-state index in [1.54, 1.807) is 0 Å². The zero-order valence-corrected chi connectivity index (χ0v) is 14.7. The van der Waals surface area contributed by atoms with Gasteiger partial charge in [0.05, 0.1) is 0 Å². The predicted molar refractivity (Wildman–Crippen MR) is 92.9 cm³/mol. The van der Waals surface area contributed by atoms with Crippen LogP contribution in [0.1, 0.15) is 77.2 Å². The minimum absolute atomic E-state index is 0.192. The van der Waals surface area contributed by atoms with Crippen LogP contribution in [-0.4, -0.2) is 0 Å². The molecule has 1 atom stereocenters. The lowest BCUT2D eigenvalue weighted by Gasteiger charge is -2.25. The number of unbranched alkanes of at least 4 members (excludes halogenated alkanes) is 7. The third kappa shape index (κ3) is 6.90. The van der Waals surface area contributed by atoms with Gasteiger partial charge in [0.2, 0.25) is 0 Å². The lowest BCUT2D eigenvalue weighted by molar-refractivity contribution is 0.420. The van der Waals surface area contributed by atoms with Crippen LogP contribution < -0.4 is 5.73 Å². The summed E-state index contributed by atoms with van der Waals surface area (Å²) in [5.74, 6) is 0. The molecule has 1 aromatic rings. The quantitative estimate of drug-likeness (QED) is 0.508. The van der Waals surface area contributed by atoms with Gasteiger partial charge in [0.25, 0.3) is 0 Å². The lowest BCUT2D eigenvalue weighted by Crippen LogP contribution is -2.32. The smallest absolute Gasteiger partial charge is 0.0381 e. The predicted octanol–water partition coefficient (Wildman–Crippen LogP) is 6.15. The third-order valence-corrected chi connectivity index (χ3v) is 4.58. The highest BCUT2D eigenvalue weighted by molar-refractivity contribution is 9.10. The molecular formula is C18H30BrN. The monoisotopic (exact) mass is 339 g/mol. The van der Waals surface area contributed by atoms with Crippen LogP contribution >= 0.6 is 15.9 Å². The van der Waals surface area contributed by atoms with Gasteiger partial charge in [0.15, 0.2) is 0 Å². The van der Waals surface area contributed by atoms with Crippen LogP contribution in [0.15, 0.2) is 28.7 Å². The third-order valence-electron chi connectivity index (χ3n) is 4.05. The first-order valence-corrected chi connectivity index (χ1v) is 8.90. The normalized spacial score (nSPS) is 14.2. The van der Waals surface area contributed by atoms with Gasteiger partial charge in [0.1, 0.15) is 0 Å². The first-order chi connectivity index (χ1) is 9.56. The van der Waals surface area contributed by atoms with E-state index < -0.39 is 0 Å². The molecule has 0 saturated heterocycles. The second kappa shape index (κ2) is 9.57. The second-order valence-corrected chi connectivity index (χ2v) is 7.06. The van der Waals surface area contributed by atoms with E-state index in [1.165, 1.54) is 56.9 Å². The van der Waals surface area contributed by atoms with E-state index in [1.807, 2.05) is 0 Å². The van der Waals surface area contributed by atoms with Crippen molar-refractivity contribution in [2.24, 2.45) is 5.73 Å². The average Bonchev–Trinajstić information content (AvgIpc) is 2.42. The minimum atomic E-state index is -0.192. The molecule has 0 aliphatic carbocycles. The summed E-state index contributed by atoms with van der Waals surface area (Å²) >= 11 is 3.47. The van der Waals surface area contributed by atoms with Gasteiger partial charge < -0.3 is 5.73 Å². The number of hydrogen-bond donors (Lipinski definition) is 1. The molecule has 0 radical (unpaired) electrons. The van der Waals surface area contributed by atoms with E-state index in [0.29, 0.717) is 0 Å². The van der Waals surface area contributed by atoms with E-state index in [-0.39, 0.29) is 5.54 Å². The van der Waals surface area contributed by atoms with Gasteiger partial charge >= 0.3 is 0 Å². The van der Waals surface area contributed by atoms with E-state index in [4.69, 9.17) is 5.73 Å². The molecule has 20 heavy (non-hydrogen) atoms. The highest BCUT2D eigenvalue weighted by Gasteiger charge is 2.20. The standard InChI is InChI=1S/C18H30BrN/c1-3-4-5-6-7-8-9-10-15-18(2,20)16-11-13-17(19)14-12-16/h11-14H,3-10,15,20H2,1-2H3. The van der Waals surface area contributed by atoms with Crippen LogP contribution in [0.3, 0.4) is 0 Å². The molecular weight excluding hydrogens is 310 g/mol. The van der Waals surface area contributed by atoms with Crippen molar-refractivity contribution in [2.45, 2.75) is 77.2 Å². The molecule has 0 heterocycles. The Kier molecular flexibility index (Phi) is 8.47. The summed E-state index contributed by atoms with van der Waals surface area (Å²) in [6.07, 6.45) is 11.9. The van der Waals surface area contributed by atoms with E-state index in [2.05, 4.69) is 54.0 Å². The van der Waals surface area contributed by atoms with Crippen LogP contribution in [-0.2, 0) is 5.54 Å². The Morgan fingerprint density at radius 2 is 1.40 bits per heavy atom. The molecule has 1 unspecified atom stereocenters. The van der Waals surface area contributed by atoms with Gasteiger partial charge in [-0.25, -0.2) is 0 Å². The number of halogens is 1. The number of benzene rings is 1. The van der Waals surface area contributed by atoms with Crippen LogP contribution in [0.4, 0.5) is 0 Å². The Labute approximate surface area is 133 Å². The molecule has 2 N–H and O–H groups in total. The molecule has 1 aromatic carbocycles. The minimum Gasteiger partial charge on any atom is -0.322 e. The zero-order chi connectivity index (χ0) is 14.8. The first-order valence-electron chi connectivity index (χ1n) is 8.11. The van der Waals surface area contributed by atoms with Crippen molar-refractivity contribution < 1.29 is 0 Å². The maximum Gasteiger partial charge on any atom is 0.0381 e. The Morgan fingerprint density at radius 1 is 0.900 bits per heavy atom. The molecule has 1 rings (SSSR count). The van der Waals surface area contributed by atoms with Crippen molar-refractivity contribution >= 4 is 15.9 Å². The number of nitrogens with two attached hydrogens (primary N) is 1. The highest BCUT2D eigenvalue weighted by Crippen LogP contribution is 2.26. The maximum absolute atomic E-state index is 6.45. The fourth-order valence-corrected chi connectivity index (χ4v) is 2.87. The topological polar surface area (TPSA) is 26.0 Å². The van der Waals surface area contributed by atoms with Crippen molar-refractivity contribution in [3.05, 3.63) is 34.3 Å². The van der Waals surface area contributed by atoms with E-state index in [0.717, 1.165) is 10.9 Å². The summed E-state index contributed by atoms with van der Waals surface area (Å²) in [6.45, 7) is 4.42. The first kappa shape index (κ1) is 17.7. The molecule has 0 bridgehead atoms. The van der Waals surface area contributed by atoms with E-state index >= 15 is 0 Å². The Hall–Kier alpha value is -0.340. The molecule has 0 spiro atoms. The SMILES string of the molecule is CCCCCCCCCCC(C)(N)c1ccc(Br)cc1. The lowest BCUT2D eigenvalue weighted by atomic mass is 9.87. The zero-order valence-electron chi connectivity index (χ0n) is 13.1. The van der Waals surface area contributed by atoms with Crippen molar-refractivity contribution in [2.75, 3.05) is 0 Å². The molecule has 0 aliphatic heterocycles.